The molecule has 1 amide bonds. The minimum Gasteiger partial charge on any atom is -0.385 e. The minimum atomic E-state index is -0.189. The molecule has 0 bridgehead atoms. The maximum Gasteiger partial charge on any atom is 0.244 e. The van der Waals surface area contributed by atoms with Gasteiger partial charge in [-0.25, -0.2) is 0 Å². The van der Waals surface area contributed by atoms with Crippen molar-refractivity contribution in [3.05, 3.63) is 35.4 Å². The van der Waals surface area contributed by atoms with E-state index < -0.39 is 0 Å². The van der Waals surface area contributed by atoms with Crippen LogP contribution in [0.1, 0.15) is 36.4 Å². The molecule has 23 heavy (non-hydrogen) atoms. The smallest absolute Gasteiger partial charge is 0.244 e. The van der Waals surface area contributed by atoms with Gasteiger partial charge in [0.2, 0.25) is 5.91 Å². The van der Waals surface area contributed by atoms with E-state index in [9.17, 15) is 4.79 Å². The molecule has 1 aromatic carbocycles. The molecule has 0 spiro atoms. The molecule has 0 saturated carbocycles. The van der Waals surface area contributed by atoms with E-state index in [1.165, 1.54) is 5.56 Å². The molecule has 0 radical (unpaired) electrons. The Morgan fingerprint density at radius 1 is 1.26 bits per heavy atom. The average molecular weight is 318 g/mol. The number of benzene rings is 1. The van der Waals surface area contributed by atoms with Crippen LogP contribution in [-0.2, 0) is 9.53 Å². The molecule has 2 rings (SSSR count). The van der Waals surface area contributed by atoms with Crippen LogP contribution in [0.15, 0.2) is 24.3 Å². The number of nitrogens with zero attached hydrogens (tertiary/aromatic N) is 2. The number of rotatable bonds is 6. The Hall–Kier alpha value is -1.39. The standard InChI is InChI=1S/C19H30N2O2/c1-15-5-7-17(8-6-15)18(20(2)3)19(22)21-12-9-16(10-13-21)11-14-23-4/h5-8,16,18H,9-14H2,1-4H3/t18-/m0/s1. The van der Waals surface area contributed by atoms with Gasteiger partial charge in [0.25, 0.3) is 0 Å². The number of aryl methyl sites for hydroxylation is 1. The van der Waals surface area contributed by atoms with Crippen LogP contribution in [0.25, 0.3) is 0 Å². The monoisotopic (exact) mass is 318 g/mol. The van der Waals surface area contributed by atoms with Gasteiger partial charge in [-0.2, -0.15) is 0 Å². The molecule has 0 unspecified atom stereocenters. The van der Waals surface area contributed by atoms with E-state index in [1.807, 2.05) is 23.9 Å². The van der Waals surface area contributed by atoms with Gasteiger partial charge in [0.05, 0.1) is 0 Å². The van der Waals surface area contributed by atoms with E-state index >= 15 is 0 Å². The molecule has 1 atom stereocenters. The highest BCUT2D eigenvalue weighted by Crippen LogP contribution is 2.26. The maximum absolute atomic E-state index is 13.0. The number of likely N-dealkylation sites (N-methyl/N-ethyl adjacent to an activating group) is 1. The first-order chi connectivity index (χ1) is 11.0. The predicted octanol–water partition coefficient (Wildman–Crippen LogP) is 2.87. The van der Waals surface area contributed by atoms with Crippen LogP contribution in [-0.4, -0.2) is 56.6 Å². The fourth-order valence-corrected chi connectivity index (χ4v) is 3.31. The van der Waals surface area contributed by atoms with Crippen LogP contribution < -0.4 is 0 Å². The van der Waals surface area contributed by atoms with Gasteiger partial charge >= 0.3 is 0 Å². The molecule has 4 nitrogen and oxygen atoms in total. The van der Waals surface area contributed by atoms with E-state index in [1.54, 1.807) is 7.11 Å². The molecule has 0 aliphatic carbocycles. The zero-order valence-corrected chi connectivity index (χ0v) is 14.9. The van der Waals surface area contributed by atoms with E-state index in [4.69, 9.17) is 4.74 Å². The first-order valence-electron chi connectivity index (χ1n) is 8.53. The Balaban J connectivity index is 2.01. The number of piperidine rings is 1. The number of hydrogen-bond donors (Lipinski definition) is 0. The number of likely N-dealkylation sites (tertiary alicyclic amines) is 1. The predicted molar refractivity (Wildman–Crippen MR) is 93.4 cm³/mol. The maximum atomic E-state index is 13.0. The highest BCUT2D eigenvalue weighted by molar-refractivity contribution is 5.83. The third-order valence-electron chi connectivity index (χ3n) is 4.80. The second-order valence-electron chi connectivity index (χ2n) is 6.83. The van der Waals surface area contributed by atoms with Crippen molar-refractivity contribution in [3.63, 3.8) is 0 Å². The Kier molecular flexibility index (Phi) is 6.60. The van der Waals surface area contributed by atoms with Crippen molar-refractivity contribution < 1.29 is 9.53 Å². The molecule has 128 valence electrons. The summed E-state index contributed by atoms with van der Waals surface area (Å²) in [6, 6.07) is 8.12. The zero-order chi connectivity index (χ0) is 16.8. The van der Waals surface area contributed by atoms with Crippen LogP contribution in [0.2, 0.25) is 0 Å². The number of carbonyl (C=O) groups excluding carboxylic acids is 1. The van der Waals surface area contributed by atoms with Gasteiger partial charge in [0.15, 0.2) is 0 Å². The van der Waals surface area contributed by atoms with Crippen molar-refractivity contribution in [1.29, 1.82) is 0 Å². The summed E-state index contributed by atoms with van der Waals surface area (Å²) in [5.41, 5.74) is 2.30. The SMILES string of the molecule is COCCC1CCN(C(=O)[C@H](c2ccc(C)cc2)N(C)C)CC1. The average Bonchev–Trinajstić information content (AvgIpc) is 2.55. The Morgan fingerprint density at radius 3 is 2.39 bits per heavy atom. The molecular weight excluding hydrogens is 288 g/mol. The third-order valence-corrected chi connectivity index (χ3v) is 4.80. The lowest BCUT2D eigenvalue weighted by molar-refractivity contribution is -0.137. The van der Waals surface area contributed by atoms with Crippen LogP contribution in [0.3, 0.4) is 0 Å². The number of ether oxygens (including phenoxy) is 1. The molecular formula is C19H30N2O2. The lowest BCUT2D eigenvalue weighted by atomic mass is 9.93. The van der Waals surface area contributed by atoms with Crippen molar-refractivity contribution in [3.8, 4) is 0 Å². The molecule has 0 aromatic heterocycles. The fraction of sp³-hybridized carbons (Fsp3) is 0.632. The molecule has 1 heterocycles. The summed E-state index contributed by atoms with van der Waals surface area (Å²) < 4.78 is 5.17. The lowest BCUT2D eigenvalue weighted by Gasteiger charge is -2.36. The van der Waals surface area contributed by atoms with E-state index in [0.29, 0.717) is 5.92 Å². The van der Waals surface area contributed by atoms with Crippen LogP contribution >= 0.6 is 0 Å². The molecule has 1 aromatic rings. The van der Waals surface area contributed by atoms with Gasteiger partial charge < -0.3 is 9.64 Å². The number of methoxy groups -OCH3 is 1. The van der Waals surface area contributed by atoms with E-state index in [0.717, 1.165) is 44.5 Å². The summed E-state index contributed by atoms with van der Waals surface area (Å²) in [7, 11) is 5.71. The fourth-order valence-electron chi connectivity index (χ4n) is 3.31. The van der Waals surface area contributed by atoms with Crippen molar-refractivity contribution in [1.82, 2.24) is 9.80 Å². The molecule has 1 aliphatic rings. The number of amides is 1. The Labute approximate surface area is 140 Å². The van der Waals surface area contributed by atoms with Crippen molar-refractivity contribution in [2.45, 2.75) is 32.2 Å². The van der Waals surface area contributed by atoms with Gasteiger partial charge in [0.1, 0.15) is 6.04 Å². The third kappa shape index (κ3) is 4.79. The topological polar surface area (TPSA) is 32.8 Å². The second kappa shape index (κ2) is 8.46. The largest absolute Gasteiger partial charge is 0.385 e. The second-order valence-corrected chi connectivity index (χ2v) is 6.83. The van der Waals surface area contributed by atoms with Gasteiger partial charge in [-0.3, -0.25) is 9.69 Å². The van der Waals surface area contributed by atoms with Crippen LogP contribution in [0, 0.1) is 12.8 Å². The Morgan fingerprint density at radius 2 is 1.87 bits per heavy atom. The first-order valence-corrected chi connectivity index (χ1v) is 8.53. The summed E-state index contributed by atoms with van der Waals surface area (Å²) in [4.78, 5) is 17.1. The molecule has 1 fully saturated rings. The van der Waals surface area contributed by atoms with Crippen molar-refractivity contribution in [2.24, 2.45) is 5.92 Å². The summed E-state index contributed by atoms with van der Waals surface area (Å²) in [6.45, 7) is 4.62. The quantitative estimate of drug-likeness (QED) is 0.808. The first kappa shape index (κ1) is 18.0. The number of carbonyl (C=O) groups is 1. The zero-order valence-electron chi connectivity index (χ0n) is 14.9. The molecule has 1 saturated heterocycles. The van der Waals surface area contributed by atoms with Crippen LogP contribution in [0.4, 0.5) is 0 Å². The highest BCUT2D eigenvalue weighted by atomic mass is 16.5. The van der Waals surface area contributed by atoms with Gasteiger partial charge in [-0.15, -0.1) is 0 Å². The summed E-state index contributed by atoms with van der Waals surface area (Å²) >= 11 is 0. The highest BCUT2D eigenvalue weighted by Gasteiger charge is 2.30. The van der Waals surface area contributed by atoms with Gasteiger partial charge in [-0.1, -0.05) is 29.8 Å². The summed E-state index contributed by atoms with van der Waals surface area (Å²) in [5, 5.41) is 0. The normalized spacial score (nSPS) is 17.5. The number of hydrogen-bond acceptors (Lipinski definition) is 3. The van der Waals surface area contributed by atoms with Gasteiger partial charge in [0, 0.05) is 26.8 Å². The Bertz CT molecular complexity index is 491. The summed E-state index contributed by atoms with van der Waals surface area (Å²) in [5.74, 6) is 0.917. The van der Waals surface area contributed by atoms with Crippen molar-refractivity contribution >= 4 is 5.91 Å². The van der Waals surface area contributed by atoms with Gasteiger partial charge in [-0.05, 0) is 51.8 Å². The molecule has 4 heteroatoms. The summed E-state index contributed by atoms with van der Waals surface area (Å²) in [6.07, 6.45) is 3.28. The lowest BCUT2D eigenvalue weighted by Crippen LogP contribution is -2.44. The minimum absolute atomic E-state index is 0.189. The molecule has 1 aliphatic heterocycles. The van der Waals surface area contributed by atoms with E-state index in [-0.39, 0.29) is 11.9 Å². The van der Waals surface area contributed by atoms with E-state index in [2.05, 4.69) is 31.2 Å². The molecule has 0 N–H and O–H groups in total. The van der Waals surface area contributed by atoms with Crippen molar-refractivity contribution in [2.75, 3.05) is 40.9 Å². The van der Waals surface area contributed by atoms with Crippen LogP contribution in [0.5, 0.6) is 0 Å².